The summed E-state index contributed by atoms with van der Waals surface area (Å²) < 4.78 is 3.64. The standard InChI is InChI=1S/C42H25N.C25H16.C18H11Br/c1-2-12-28-26(11-1)21-23-37-40(28)34-17-7-8-18-35(34)41-36-19-9-10-20-39(36)43(42(37)41)27-22-24-33-31-15-4-3-13-29(31)30-14-5-6-16-32(30)38(33)25-27;1-3-9-18-16(7-1)13-14-22-23-15-17-8-2-4-10-19(17)25(23)21-12-6-5-11-20(21)24(18)22;19-12-9-10-17-15-7-2-1-5-13(15)14-6-3-4-8-16(14)18(17)11-12/h1-25H;1-14H,15H2;1-11H. The van der Waals surface area contributed by atoms with Crippen LogP contribution >= 0.6 is 15.9 Å². The highest BCUT2D eigenvalue weighted by Gasteiger charge is 2.25. The molecule has 1 aliphatic carbocycles. The first kappa shape index (κ1) is 49.8. The second-order valence-corrected chi connectivity index (χ2v) is 24.3. The molecule has 18 aromatic carbocycles. The second-order valence-electron chi connectivity index (χ2n) is 23.4. The smallest absolute Gasteiger partial charge is 0.0626 e. The van der Waals surface area contributed by atoms with E-state index in [0.717, 1.165) is 10.9 Å². The van der Waals surface area contributed by atoms with Crippen molar-refractivity contribution >= 4 is 167 Å². The number of aromatic nitrogens is 1. The van der Waals surface area contributed by atoms with Gasteiger partial charge in [0.25, 0.3) is 0 Å². The summed E-state index contributed by atoms with van der Waals surface area (Å²) in [7, 11) is 0. The third kappa shape index (κ3) is 7.58. The molecule has 0 bridgehead atoms. The van der Waals surface area contributed by atoms with Crippen LogP contribution in [-0.2, 0) is 6.42 Å². The Morgan fingerprint density at radius 3 is 1.21 bits per heavy atom. The van der Waals surface area contributed by atoms with E-state index >= 15 is 0 Å². The van der Waals surface area contributed by atoms with Crippen molar-refractivity contribution in [2.75, 3.05) is 0 Å². The van der Waals surface area contributed by atoms with Crippen LogP contribution in [0.3, 0.4) is 0 Å². The van der Waals surface area contributed by atoms with Crippen molar-refractivity contribution in [3.05, 3.63) is 319 Å². The number of hydrogen-bond acceptors (Lipinski definition) is 0. The third-order valence-corrected chi connectivity index (χ3v) is 19.4. The van der Waals surface area contributed by atoms with Crippen molar-refractivity contribution in [2.45, 2.75) is 6.42 Å². The average molecular weight is 1170 g/mol. The molecule has 20 rings (SSSR count). The van der Waals surface area contributed by atoms with Crippen LogP contribution in [0.15, 0.2) is 308 Å². The molecule has 87 heavy (non-hydrogen) atoms. The summed E-state index contributed by atoms with van der Waals surface area (Å²) in [5.74, 6) is 0. The van der Waals surface area contributed by atoms with Gasteiger partial charge in [-0.2, -0.15) is 0 Å². The first-order valence-electron chi connectivity index (χ1n) is 30.1. The van der Waals surface area contributed by atoms with E-state index in [0.29, 0.717) is 0 Å². The lowest BCUT2D eigenvalue weighted by Gasteiger charge is -2.16. The molecule has 1 aromatic heterocycles. The topological polar surface area (TPSA) is 4.93 Å². The minimum absolute atomic E-state index is 1.03. The van der Waals surface area contributed by atoms with Crippen LogP contribution in [0.4, 0.5) is 0 Å². The van der Waals surface area contributed by atoms with Crippen LogP contribution < -0.4 is 0 Å². The van der Waals surface area contributed by atoms with Crippen molar-refractivity contribution in [2.24, 2.45) is 0 Å². The van der Waals surface area contributed by atoms with E-state index in [1.165, 1.54) is 179 Å². The average Bonchev–Trinajstić information content (AvgIpc) is 1.66. The first-order valence-corrected chi connectivity index (χ1v) is 30.9. The highest BCUT2D eigenvalue weighted by atomic mass is 79.9. The summed E-state index contributed by atoms with van der Waals surface area (Å²) in [6.07, 6.45) is 1.03. The minimum atomic E-state index is 1.03. The first-order chi connectivity index (χ1) is 43.1. The number of hydrogen-bond donors (Lipinski definition) is 0. The van der Waals surface area contributed by atoms with Gasteiger partial charge >= 0.3 is 0 Å². The van der Waals surface area contributed by atoms with E-state index in [4.69, 9.17) is 0 Å². The van der Waals surface area contributed by atoms with Crippen molar-refractivity contribution in [1.82, 2.24) is 4.57 Å². The molecular weight excluding hydrogens is 1110 g/mol. The molecule has 0 fully saturated rings. The van der Waals surface area contributed by atoms with Gasteiger partial charge in [0.05, 0.1) is 11.0 Å². The molecule has 0 saturated heterocycles. The highest BCUT2D eigenvalue weighted by molar-refractivity contribution is 9.10. The number of rotatable bonds is 1. The normalized spacial score (nSPS) is 12.1. The monoisotopic (exact) mass is 1170 g/mol. The van der Waals surface area contributed by atoms with E-state index in [2.05, 4.69) is 324 Å². The van der Waals surface area contributed by atoms with Gasteiger partial charge < -0.3 is 4.57 Å². The zero-order valence-corrected chi connectivity index (χ0v) is 49.0. The Kier molecular flexibility index (Phi) is 11.3. The zero-order valence-electron chi connectivity index (χ0n) is 47.4. The van der Waals surface area contributed by atoms with Crippen molar-refractivity contribution in [1.29, 1.82) is 0 Å². The lowest BCUT2D eigenvalue weighted by atomic mass is 9.89. The van der Waals surface area contributed by atoms with Gasteiger partial charge in [0.15, 0.2) is 0 Å². The van der Waals surface area contributed by atoms with Crippen molar-refractivity contribution < 1.29 is 0 Å². The van der Waals surface area contributed by atoms with Gasteiger partial charge in [-0.25, -0.2) is 0 Å². The molecule has 404 valence electrons. The van der Waals surface area contributed by atoms with E-state index in [1.54, 1.807) is 0 Å². The molecule has 0 unspecified atom stereocenters. The summed E-state index contributed by atoms with van der Waals surface area (Å²) in [6, 6.07) is 111. The number of benzene rings is 18. The lowest BCUT2D eigenvalue weighted by Crippen LogP contribution is -1.96. The maximum Gasteiger partial charge on any atom is 0.0626 e. The van der Waals surface area contributed by atoms with E-state index in [-0.39, 0.29) is 0 Å². The fraction of sp³-hybridized carbons (Fsp3) is 0.0118. The van der Waals surface area contributed by atoms with Crippen LogP contribution in [0.5, 0.6) is 0 Å². The highest BCUT2D eigenvalue weighted by Crippen LogP contribution is 2.49. The van der Waals surface area contributed by atoms with E-state index < -0.39 is 0 Å². The van der Waals surface area contributed by atoms with Crippen LogP contribution in [0.1, 0.15) is 11.1 Å². The number of nitrogens with zero attached hydrogens (tertiary/aromatic N) is 1. The molecule has 19 aromatic rings. The Labute approximate surface area is 510 Å². The second kappa shape index (κ2) is 19.7. The molecule has 0 N–H and O–H groups in total. The molecule has 1 nitrogen and oxygen atoms in total. The predicted molar refractivity (Wildman–Crippen MR) is 380 cm³/mol. The largest absolute Gasteiger partial charge is 0.309 e. The minimum Gasteiger partial charge on any atom is -0.309 e. The predicted octanol–water partition coefficient (Wildman–Crippen LogP) is 24.3. The van der Waals surface area contributed by atoms with Gasteiger partial charge in [0, 0.05) is 26.3 Å². The zero-order chi connectivity index (χ0) is 57.3. The summed E-state index contributed by atoms with van der Waals surface area (Å²) in [4.78, 5) is 0. The third-order valence-electron chi connectivity index (χ3n) is 18.9. The maximum atomic E-state index is 3.58. The Morgan fingerprint density at radius 2 is 0.632 bits per heavy atom. The van der Waals surface area contributed by atoms with Crippen LogP contribution in [0.2, 0.25) is 0 Å². The fourth-order valence-corrected chi connectivity index (χ4v) is 15.6. The van der Waals surface area contributed by atoms with Gasteiger partial charge in [0.1, 0.15) is 0 Å². The lowest BCUT2D eigenvalue weighted by molar-refractivity contribution is 1.19. The molecule has 0 saturated carbocycles. The van der Waals surface area contributed by atoms with E-state index in [9.17, 15) is 0 Å². The molecule has 1 aliphatic rings. The SMILES string of the molecule is Brc1ccc2c3ccccc3c3ccccc3c2c1.c1ccc2c(c1)Cc1c-2c2ccccc2c2c1ccc1ccccc12.c1ccc2c(c1)ccc1c2c2ccccc2c2c3ccccc3n(-c3ccc4c5ccccc5c5ccccc5c4c3)c12. The van der Waals surface area contributed by atoms with E-state index in [1.807, 2.05) is 0 Å². The number of halogens is 1. The fourth-order valence-electron chi connectivity index (χ4n) is 15.3. The Morgan fingerprint density at radius 1 is 0.253 bits per heavy atom. The number of fused-ring (bicyclic) bond motifs is 32. The molecule has 0 atom stereocenters. The Hall–Kier alpha value is -10.6. The summed E-state index contributed by atoms with van der Waals surface area (Å²) in [5.41, 5.74) is 9.46. The molecule has 0 amide bonds. The number of para-hydroxylation sites is 1. The molecule has 0 aliphatic heterocycles. The van der Waals surface area contributed by atoms with Gasteiger partial charge in [-0.1, -0.05) is 289 Å². The van der Waals surface area contributed by atoms with Gasteiger partial charge in [-0.15, -0.1) is 0 Å². The summed E-state index contributed by atoms with van der Waals surface area (Å²) in [6.45, 7) is 0. The molecule has 1 heterocycles. The quantitative estimate of drug-likeness (QED) is 0.144. The maximum absolute atomic E-state index is 3.58. The van der Waals surface area contributed by atoms with Gasteiger partial charge in [-0.3, -0.25) is 0 Å². The van der Waals surface area contributed by atoms with Crippen LogP contribution in [0.25, 0.3) is 168 Å². The Bertz CT molecular complexity index is 6050. The molecule has 0 spiro atoms. The molecular formula is C85H52BrN. The van der Waals surface area contributed by atoms with Crippen molar-refractivity contribution in [3.63, 3.8) is 0 Å². The summed E-state index contributed by atoms with van der Waals surface area (Å²) >= 11 is 3.58. The van der Waals surface area contributed by atoms with Gasteiger partial charge in [-0.05, 0) is 183 Å². The van der Waals surface area contributed by atoms with Crippen LogP contribution in [0, 0.1) is 0 Å². The molecule has 0 radical (unpaired) electrons. The van der Waals surface area contributed by atoms with Crippen molar-refractivity contribution in [3.8, 4) is 16.8 Å². The van der Waals surface area contributed by atoms with Crippen LogP contribution in [-0.4, -0.2) is 4.57 Å². The Balaban J connectivity index is 0.000000109. The molecule has 2 heteroatoms. The summed E-state index contributed by atoms with van der Waals surface area (Å²) in [5, 5.41) is 34.3. The van der Waals surface area contributed by atoms with Gasteiger partial charge in [0.2, 0.25) is 0 Å².